The Morgan fingerprint density at radius 3 is 2.76 bits per heavy atom. The summed E-state index contributed by atoms with van der Waals surface area (Å²) in [6, 6.07) is 6.82. The molecule has 1 aromatic carbocycles. The van der Waals surface area contributed by atoms with Gasteiger partial charge in [-0.2, -0.15) is 17.7 Å². The van der Waals surface area contributed by atoms with Gasteiger partial charge in [-0.25, -0.2) is 0 Å². The fraction of sp³-hybridized carbons (Fsp3) is 0.417. The molecule has 1 amide bonds. The van der Waals surface area contributed by atoms with Gasteiger partial charge in [0.25, 0.3) is 5.91 Å². The van der Waals surface area contributed by atoms with Crippen LogP contribution in [0.25, 0.3) is 0 Å². The molecule has 5 heteroatoms. The second kappa shape index (κ2) is 9.61. The van der Waals surface area contributed by atoms with Crippen LogP contribution in [0.2, 0.25) is 0 Å². The summed E-state index contributed by atoms with van der Waals surface area (Å²) in [5.74, 6) is 0.653. The SMILES string of the molecule is CCNC(=O)COc1cc(C)[c-]cc1C.[Zn+][Br]. The van der Waals surface area contributed by atoms with Crippen LogP contribution >= 0.6 is 13.6 Å². The van der Waals surface area contributed by atoms with Crippen molar-refractivity contribution in [3.8, 4) is 5.75 Å². The zero-order chi connectivity index (χ0) is 13.3. The molecular weight excluding hydrogens is 335 g/mol. The molecule has 0 heterocycles. The first kappa shape index (κ1) is 16.6. The van der Waals surface area contributed by atoms with E-state index in [9.17, 15) is 4.79 Å². The zero-order valence-electron chi connectivity index (χ0n) is 10.5. The van der Waals surface area contributed by atoms with Crippen molar-refractivity contribution in [2.24, 2.45) is 0 Å². The molecule has 17 heavy (non-hydrogen) atoms. The Morgan fingerprint density at radius 1 is 1.53 bits per heavy atom. The van der Waals surface area contributed by atoms with E-state index >= 15 is 0 Å². The van der Waals surface area contributed by atoms with Gasteiger partial charge in [-0.1, -0.05) is 13.8 Å². The van der Waals surface area contributed by atoms with Crippen molar-refractivity contribution in [2.45, 2.75) is 20.8 Å². The third-order valence-electron chi connectivity index (χ3n) is 1.99. The van der Waals surface area contributed by atoms with Crippen molar-refractivity contribution in [1.29, 1.82) is 0 Å². The molecule has 0 spiro atoms. The van der Waals surface area contributed by atoms with Crippen molar-refractivity contribution in [3.63, 3.8) is 0 Å². The molecule has 0 fully saturated rings. The summed E-state index contributed by atoms with van der Waals surface area (Å²) in [7, 11) is 0. The Balaban J connectivity index is 0.00000121. The first-order chi connectivity index (χ1) is 8.13. The number of rotatable bonds is 4. The monoisotopic (exact) mass is 349 g/mol. The van der Waals surface area contributed by atoms with Gasteiger partial charge in [-0.15, -0.1) is 11.6 Å². The molecule has 1 N–H and O–H groups in total. The van der Waals surface area contributed by atoms with Crippen LogP contribution in [0.1, 0.15) is 18.1 Å². The third-order valence-corrected chi connectivity index (χ3v) is 1.99. The predicted molar refractivity (Wildman–Crippen MR) is 67.9 cm³/mol. The average Bonchev–Trinajstić information content (AvgIpc) is 2.33. The Bertz CT molecular complexity index is 358. The fourth-order valence-electron chi connectivity index (χ4n) is 1.19. The minimum absolute atomic E-state index is 0.0676. The number of hydrogen-bond acceptors (Lipinski definition) is 2. The van der Waals surface area contributed by atoms with Gasteiger partial charge in [0.2, 0.25) is 0 Å². The number of benzene rings is 1. The van der Waals surface area contributed by atoms with Gasteiger partial charge in [-0.05, 0) is 6.92 Å². The Morgan fingerprint density at radius 2 is 2.18 bits per heavy atom. The van der Waals surface area contributed by atoms with Gasteiger partial charge in [-0.3, -0.25) is 4.79 Å². The normalized spacial score (nSPS) is 9.06. The molecule has 0 atom stereocenters. The Kier molecular flexibility index (Phi) is 9.38. The number of ether oxygens (including phenoxy) is 1. The van der Waals surface area contributed by atoms with Crippen molar-refractivity contribution in [3.05, 3.63) is 29.3 Å². The molecule has 0 bridgehead atoms. The van der Waals surface area contributed by atoms with Crippen LogP contribution in [0.4, 0.5) is 0 Å². The Hall–Kier alpha value is -0.407. The molecule has 0 aliphatic carbocycles. The quantitative estimate of drug-likeness (QED) is 0.668. The molecule has 0 aliphatic heterocycles. The van der Waals surface area contributed by atoms with Crippen LogP contribution in [0.15, 0.2) is 12.1 Å². The summed E-state index contributed by atoms with van der Waals surface area (Å²) < 4.78 is 5.40. The second-order valence-electron chi connectivity index (χ2n) is 3.41. The molecule has 3 nitrogen and oxygen atoms in total. The summed E-state index contributed by atoms with van der Waals surface area (Å²) in [5.41, 5.74) is 2.00. The average molecular weight is 352 g/mol. The summed E-state index contributed by atoms with van der Waals surface area (Å²) in [4.78, 5) is 11.2. The van der Waals surface area contributed by atoms with E-state index in [0.717, 1.165) is 16.9 Å². The van der Waals surface area contributed by atoms with Crippen LogP contribution in [-0.4, -0.2) is 19.1 Å². The van der Waals surface area contributed by atoms with Crippen LogP contribution in [-0.2, 0) is 21.1 Å². The fourth-order valence-corrected chi connectivity index (χ4v) is 1.19. The number of hydrogen-bond donors (Lipinski definition) is 1. The second-order valence-corrected chi connectivity index (χ2v) is 3.41. The summed E-state index contributed by atoms with van der Waals surface area (Å²) in [6.45, 7) is 6.45. The third kappa shape index (κ3) is 6.79. The molecule has 1 rings (SSSR count). The van der Waals surface area contributed by atoms with Gasteiger partial charge in [0.15, 0.2) is 6.61 Å². The van der Waals surface area contributed by atoms with E-state index in [1.54, 1.807) is 0 Å². The van der Waals surface area contributed by atoms with Crippen LogP contribution in [0.5, 0.6) is 5.75 Å². The number of nitrogens with one attached hydrogen (secondary N) is 1. The maximum absolute atomic E-state index is 11.2. The number of halogens is 1. The molecular formula is C12H16BrNO2Zn. The van der Waals surface area contributed by atoms with Gasteiger partial charge in [0, 0.05) is 12.3 Å². The number of carbonyl (C=O) groups excluding carboxylic acids is 1. The van der Waals surface area contributed by atoms with Crippen LogP contribution in [0, 0.1) is 19.9 Å². The molecule has 0 saturated heterocycles. The summed E-state index contributed by atoms with van der Waals surface area (Å²) >= 11 is 4.25. The van der Waals surface area contributed by atoms with Crippen molar-refractivity contribution in [2.75, 3.05) is 13.2 Å². The topological polar surface area (TPSA) is 38.3 Å². The van der Waals surface area contributed by atoms with E-state index in [1.807, 2.05) is 32.9 Å². The van der Waals surface area contributed by atoms with E-state index in [4.69, 9.17) is 4.74 Å². The number of amides is 1. The molecule has 0 aromatic heterocycles. The van der Waals surface area contributed by atoms with E-state index < -0.39 is 0 Å². The number of likely N-dealkylation sites (N-methyl/N-ethyl adjacent to an activating group) is 1. The number of aryl methyl sites for hydroxylation is 2. The van der Waals surface area contributed by atoms with Crippen molar-refractivity contribution >= 4 is 19.5 Å². The van der Waals surface area contributed by atoms with E-state index in [1.165, 1.54) is 16.3 Å². The Labute approximate surface area is 119 Å². The predicted octanol–water partition coefficient (Wildman–Crippen LogP) is 2.46. The van der Waals surface area contributed by atoms with E-state index in [2.05, 4.69) is 25.0 Å². The van der Waals surface area contributed by atoms with Gasteiger partial charge in [0.05, 0.1) is 0 Å². The van der Waals surface area contributed by atoms with Gasteiger partial charge in [0.1, 0.15) is 0 Å². The van der Waals surface area contributed by atoms with E-state index in [0.29, 0.717) is 6.54 Å². The zero-order valence-corrected chi connectivity index (χ0v) is 15.0. The van der Waals surface area contributed by atoms with Crippen molar-refractivity contribution in [1.82, 2.24) is 5.32 Å². The van der Waals surface area contributed by atoms with Gasteiger partial charge >= 0.3 is 30.0 Å². The van der Waals surface area contributed by atoms with E-state index in [-0.39, 0.29) is 12.5 Å². The van der Waals surface area contributed by atoms with Crippen LogP contribution in [0.3, 0.4) is 0 Å². The van der Waals surface area contributed by atoms with Crippen LogP contribution < -0.4 is 10.1 Å². The maximum atomic E-state index is 11.2. The van der Waals surface area contributed by atoms with Gasteiger partial charge < -0.3 is 10.1 Å². The molecule has 0 unspecified atom stereocenters. The minimum atomic E-state index is -0.0950. The molecule has 0 aliphatic rings. The molecule has 0 radical (unpaired) electrons. The summed E-state index contributed by atoms with van der Waals surface area (Å²) in [6.07, 6.45) is 0. The molecule has 1 aromatic rings. The van der Waals surface area contributed by atoms with Crippen molar-refractivity contribution < 1.29 is 25.9 Å². The molecule has 0 saturated carbocycles. The first-order valence-electron chi connectivity index (χ1n) is 5.28. The number of carbonyl (C=O) groups is 1. The standard InChI is InChI=1S/C12H16NO2.BrH.Zn/c1-4-13-12(14)8-15-11-7-9(2)5-6-10(11)3;;/h6-7H,4,8H2,1-3H3,(H,13,14);1H;/q-1;;+2/p-1. The molecule has 90 valence electrons. The first-order valence-corrected chi connectivity index (χ1v) is 12.2. The summed E-state index contributed by atoms with van der Waals surface area (Å²) in [5, 5.41) is 2.68.